The Morgan fingerprint density at radius 2 is 1.73 bits per heavy atom. The highest BCUT2D eigenvalue weighted by Gasteiger charge is 2.39. The van der Waals surface area contributed by atoms with Crippen LogP contribution in [0.4, 0.5) is 11.4 Å². The molecule has 5 heteroatoms. The van der Waals surface area contributed by atoms with Crippen molar-refractivity contribution in [2.75, 3.05) is 16.8 Å². The summed E-state index contributed by atoms with van der Waals surface area (Å²) < 4.78 is 0. The minimum atomic E-state index is -0.300. The predicted octanol–water partition coefficient (Wildman–Crippen LogP) is 4.57. The second-order valence-corrected chi connectivity index (χ2v) is 8.27. The molecule has 5 rings (SSSR count). The van der Waals surface area contributed by atoms with Crippen molar-refractivity contribution in [3.63, 3.8) is 0 Å². The van der Waals surface area contributed by atoms with E-state index in [1.54, 1.807) is 6.20 Å². The van der Waals surface area contributed by atoms with Crippen LogP contribution in [0.3, 0.4) is 0 Å². The smallest absolute Gasteiger partial charge is 0.230 e. The van der Waals surface area contributed by atoms with Gasteiger partial charge in [-0.05, 0) is 43.0 Å². The van der Waals surface area contributed by atoms with Crippen LogP contribution in [0.15, 0.2) is 60.8 Å². The highest BCUT2D eigenvalue weighted by atomic mass is 16.2. The van der Waals surface area contributed by atoms with Crippen molar-refractivity contribution in [2.45, 2.75) is 32.1 Å². The molecule has 0 saturated heterocycles. The number of carbonyl (C=O) groups excluding carboxylic acids is 2. The topological polar surface area (TPSA) is 62.3 Å². The summed E-state index contributed by atoms with van der Waals surface area (Å²) in [5.41, 5.74) is 3.80. The van der Waals surface area contributed by atoms with Crippen molar-refractivity contribution in [1.29, 1.82) is 0 Å². The number of aromatic nitrogens is 1. The van der Waals surface area contributed by atoms with Gasteiger partial charge in [0.1, 0.15) is 0 Å². The molecule has 2 heterocycles. The molecule has 2 aromatic carbocycles. The van der Waals surface area contributed by atoms with E-state index in [4.69, 9.17) is 0 Å². The molecule has 1 aromatic heterocycles. The van der Waals surface area contributed by atoms with Crippen molar-refractivity contribution >= 4 is 34.1 Å². The molecule has 5 nitrogen and oxygen atoms in total. The van der Waals surface area contributed by atoms with Crippen molar-refractivity contribution in [1.82, 2.24) is 4.98 Å². The second kappa shape index (κ2) is 7.90. The van der Waals surface area contributed by atoms with Crippen LogP contribution >= 0.6 is 0 Å². The third-order valence-corrected chi connectivity index (χ3v) is 6.43. The molecule has 2 atom stereocenters. The Hall–Kier alpha value is -3.21. The fourth-order valence-corrected chi connectivity index (χ4v) is 4.88. The SMILES string of the molecule is O=C(Nc1cnc2ccccc2c1)C1CCCCC1C(=O)N1CCc2ccccc21. The third kappa shape index (κ3) is 3.45. The number of rotatable bonds is 3. The van der Waals surface area contributed by atoms with Crippen LogP contribution in [0, 0.1) is 11.8 Å². The molecular formula is C25H25N3O2. The van der Waals surface area contributed by atoms with Gasteiger partial charge in [0.25, 0.3) is 0 Å². The van der Waals surface area contributed by atoms with Crippen molar-refractivity contribution in [2.24, 2.45) is 11.8 Å². The Morgan fingerprint density at radius 3 is 2.63 bits per heavy atom. The molecule has 1 fully saturated rings. The molecular weight excluding hydrogens is 374 g/mol. The Bertz CT molecular complexity index is 1110. The van der Waals surface area contributed by atoms with Gasteiger partial charge in [0.15, 0.2) is 0 Å². The molecule has 30 heavy (non-hydrogen) atoms. The van der Waals surface area contributed by atoms with E-state index in [1.807, 2.05) is 53.4 Å². The first-order chi connectivity index (χ1) is 14.7. The molecule has 0 spiro atoms. The average Bonchev–Trinajstić information content (AvgIpc) is 3.23. The first kappa shape index (κ1) is 18.8. The zero-order valence-electron chi connectivity index (χ0n) is 16.9. The Balaban J connectivity index is 1.35. The van der Waals surface area contributed by atoms with Gasteiger partial charge >= 0.3 is 0 Å². The zero-order valence-corrected chi connectivity index (χ0v) is 16.9. The average molecular weight is 399 g/mol. The molecule has 2 amide bonds. The van der Waals surface area contributed by atoms with Crippen LogP contribution in [-0.4, -0.2) is 23.3 Å². The fourth-order valence-electron chi connectivity index (χ4n) is 4.88. The van der Waals surface area contributed by atoms with Gasteiger partial charge in [-0.3, -0.25) is 14.6 Å². The Labute approximate surface area is 176 Å². The quantitative estimate of drug-likeness (QED) is 0.702. The lowest BCUT2D eigenvalue weighted by atomic mass is 9.77. The minimum Gasteiger partial charge on any atom is -0.324 e. The van der Waals surface area contributed by atoms with E-state index in [2.05, 4.69) is 16.4 Å². The van der Waals surface area contributed by atoms with E-state index in [-0.39, 0.29) is 23.7 Å². The molecule has 2 aliphatic rings. The van der Waals surface area contributed by atoms with E-state index in [1.165, 1.54) is 5.56 Å². The summed E-state index contributed by atoms with van der Waals surface area (Å²) in [5.74, 6) is -0.544. The summed E-state index contributed by atoms with van der Waals surface area (Å²) in [4.78, 5) is 32.9. The van der Waals surface area contributed by atoms with Crippen LogP contribution in [0.25, 0.3) is 10.9 Å². The number of nitrogens with zero attached hydrogens (tertiary/aromatic N) is 2. The number of hydrogen-bond donors (Lipinski definition) is 1. The normalized spacial score (nSPS) is 20.7. The first-order valence-corrected chi connectivity index (χ1v) is 10.8. The van der Waals surface area contributed by atoms with Crippen LogP contribution in [0.1, 0.15) is 31.2 Å². The third-order valence-electron chi connectivity index (χ3n) is 6.43. The van der Waals surface area contributed by atoms with E-state index >= 15 is 0 Å². The monoisotopic (exact) mass is 399 g/mol. The summed E-state index contributed by atoms with van der Waals surface area (Å²) in [7, 11) is 0. The lowest BCUT2D eigenvalue weighted by Crippen LogP contribution is -2.43. The molecule has 3 aromatic rings. The van der Waals surface area contributed by atoms with Crippen molar-refractivity contribution < 1.29 is 9.59 Å². The predicted molar refractivity (Wildman–Crippen MR) is 118 cm³/mol. The maximum Gasteiger partial charge on any atom is 0.230 e. The maximum absolute atomic E-state index is 13.4. The highest BCUT2D eigenvalue weighted by molar-refractivity contribution is 6.02. The number of anilines is 2. The maximum atomic E-state index is 13.4. The summed E-state index contributed by atoms with van der Waals surface area (Å²) >= 11 is 0. The van der Waals surface area contributed by atoms with Gasteiger partial charge in [-0.1, -0.05) is 49.2 Å². The standard InChI is InChI=1S/C25H25N3O2/c29-24(27-19-15-18-8-1-5-11-22(18)26-16-19)20-9-3-4-10-21(20)25(30)28-14-13-17-7-2-6-12-23(17)28/h1-2,5-8,11-12,15-16,20-21H,3-4,9-10,13-14H2,(H,27,29). The van der Waals surface area contributed by atoms with Gasteiger partial charge in [-0.25, -0.2) is 0 Å². The van der Waals surface area contributed by atoms with E-state index in [0.29, 0.717) is 12.2 Å². The van der Waals surface area contributed by atoms with E-state index < -0.39 is 0 Å². The van der Waals surface area contributed by atoms with E-state index in [9.17, 15) is 9.59 Å². The number of carbonyl (C=O) groups is 2. The summed E-state index contributed by atoms with van der Waals surface area (Å²) in [5, 5.41) is 4.01. The summed E-state index contributed by atoms with van der Waals surface area (Å²) in [6, 6.07) is 17.9. The largest absolute Gasteiger partial charge is 0.324 e. The molecule has 0 bridgehead atoms. The van der Waals surface area contributed by atoms with Crippen LogP contribution in [-0.2, 0) is 16.0 Å². The molecule has 1 saturated carbocycles. The highest BCUT2D eigenvalue weighted by Crippen LogP contribution is 2.36. The number of para-hydroxylation sites is 2. The minimum absolute atomic E-state index is 0.0717. The molecule has 1 N–H and O–H groups in total. The first-order valence-electron chi connectivity index (χ1n) is 10.8. The second-order valence-electron chi connectivity index (χ2n) is 8.27. The molecule has 152 valence electrons. The van der Waals surface area contributed by atoms with Gasteiger partial charge in [0.2, 0.25) is 11.8 Å². The lowest BCUT2D eigenvalue weighted by Gasteiger charge is -2.32. The Morgan fingerprint density at radius 1 is 0.967 bits per heavy atom. The van der Waals surface area contributed by atoms with E-state index in [0.717, 1.165) is 48.7 Å². The van der Waals surface area contributed by atoms with Gasteiger partial charge in [-0.15, -0.1) is 0 Å². The summed E-state index contributed by atoms with van der Waals surface area (Å²) in [6.07, 6.45) is 6.07. The number of hydrogen-bond acceptors (Lipinski definition) is 3. The summed E-state index contributed by atoms with van der Waals surface area (Å²) in [6.45, 7) is 0.706. The number of fused-ring (bicyclic) bond motifs is 2. The van der Waals surface area contributed by atoms with Crippen molar-refractivity contribution in [3.8, 4) is 0 Å². The van der Waals surface area contributed by atoms with Crippen molar-refractivity contribution in [3.05, 3.63) is 66.4 Å². The van der Waals surface area contributed by atoms with Crippen LogP contribution in [0.2, 0.25) is 0 Å². The van der Waals surface area contributed by atoms with Gasteiger partial charge in [0.05, 0.1) is 23.3 Å². The zero-order chi connectivity index (χ0) is 20.5. The number of benzene rings is 2. The molecule has 1 aliphatic carbocycles. The molecule has 1 aliphatic heterocycles. The van der Waals surface area contributed by atoms with Gasteiger partial charge in [-0.2, -0.15) is 0 Å². The molecule has 0 radical (unpaired) electrons. The number of amides is 2. The molecule has 2 unspecified atom stereocenters. The lowest BCUT2D eigenvalue weighted by molar-refractivity contribution is -0.132. The Kier molecular flexibility index (Phi) is 4.95. The fraction of sp³-hybridized carbons (Fsp3) is 0.320. The van der Waals surface area contributed by atoms with Crippen LogP contribution in [0.5, 0.6) is 0 Å². The van der Waals surface area contributed by atoms with Gasteiger partial charge < -0.3 is 10.2 Å². The number of pyridine rings is 1. The number of nitrogens with one attached hydrogen (secondary N) is 1. The van der Waals surface area contributed by atoms with Crippen LogP contribution < -0.4 is 10.2 Å². The van der Waals surface area contributed by atoms with Gasteiger partial charge in [0, 0.05) is 23.5 Å².